The fourth-order valence-electron chi connectivity index (χ4n) is 2.02. The average molecular weight is 367 g/mol. The fraction of sp³-hybridized carbons (Fsp3) is 0.312. The molecule has 0 aliphatic rings. The van der Waals surface area contributed by atoms with Crippen molar-refractivity contribution in [1.82, 2.24) is 10.2 Å². The summed E-state index contributed by atoms with van der Waals surface area (Å²) in [5.41, 5.74) is 1.24. The molecule has 2 rings (SSSR count). The summed E-state index contributed by atoms with van der Waals surface area (Å²) in [6.45, 7) is 4.02. The Bertz CT molecular complexity index is 571. The number of thiophene rings is 1. The van der Waals surface area contributed by atoms with Crippen molar-refractivity contribution in [3.8, 4) is 0 Å². The van der Waals surface area contributed by atoms with E-state index in [0.717, 1.165) is 10.2 Å². The molecule has 1 heterocycles. The molecule has 0 aliphatic heterocycles. The number of hydrogen-bond acceptors (Lipinski definition) is 2. The Morgan fingerprint density at radius 1 is 1.24 bits per heavy atom. The van der Waals surface area contributed by atoms with Gasteiger partial charge in [-0.3, -0.25) is 0 Å². The molecule has 112 valence electrons. The van der Waals surface area contributed by atoms with E-state index in [0.29, 0.717) is 19.6 Å². The number of rotatable bonds is 6. The van der Waals surface area contributed by atoms with Crippen LogP contribution in [0.3, 0.4) is 0 Å². The lowest BCUT2D eigenvalue weighted by atomic mass is 10.1. The second-order valence-electron chi connectivity index (χ2n) is 4.69. The zero-order valence-corrected chi connectivity index (χ0v) is 14.4. The van der Waals surface area contributed by atoms with Crippen LogP contribution in [0.2, 0.25) is 0 Å². The van der Waals surface area contributed by atoms with Crippen molar-refractivity contribution < 1.29 is 4.79 Å². The predicted octanol–water partition coefficient (Wildman–Crippen LogP) is 4.28. The zero-order chi connectivity index (χ0) is 15.1. The van der Waals surface area contributed by atoms with Gasteiger partial charge in [-0.25, -0.2) is 4.79 Å². The summed E-state index contributed by atoms with van der Waals surface area (Å²) in [6, 6.07) is 14.3. The van der Waals surface area contributed by atoms with Crippen molar-refractivity contribution in [3.63, 3.8) is 0 Å². The molecule has 5 heteroatoms. The lowest BCUT2D eigenvalue weighted by molar-refractivity contribution is 0.199. The number of nitrogens with one attached hydrogen (secondary N) is 1. The highest BCUT2D eigenvalue weighted by molar-refractivity contribution is 9.11. The van der Waals surface area contributed by atoms with Gasteiger partial charge < -0.3 is 10.2 Å². The lowest BCUT2D eigenvalue weighted by Crippen LogP contribution is -2.40. The minimum absolute atomic E-state index is 0.00189. The van der Waals surface area contributed by atoms with Crippen LogP contribution in [0, 0.1) is 0 Å². The van der Waals surface area contributed by atoms with E-state index >= 15 is 0 Å². The number of carbonyl (C=O) groups excluding carboxylic acids is 1. The minimum atomic E-state index is -0.00189. The van der Waals surface area contributed by atoms with Gasteiger partial charge in [-0.15, -0.1) is 11.3 Å². The van der Waals surface area contributed by atoms with E-state index in [4.69, 9.17) is 0 Å². The molecule has 0 bridgehead atoms. The fourth-order valence-corrected chi connectivity index (χ4v) is 3.52. The van der Waals surface area contributed by atoms with E-state index < -0.39 is 0 Å². The van der Waals surface area contributed by atoms with Crippen LogP contribution in [0.1, 0.15) is 17.4 Å². The number of nitrogens with zero attached hydrogens (tertiary/aromatic N) is 1. The highest BCUT2D eigenvalue weighted by atomic mass is 79.9. The molecule has 1 aromatic carbocycles. The SMILES string of the molecule is CCN(Cc1ccc(Br)s1)C(=O)NCCc1ccccc1. The Morgan fingerprint density at radius 2 is 2.00 bits per heavy atom. The topological polar surface area (TPSA) is 32.3 Å². The highest BCUT2D eigenvalue weighted by Gasteiger charge is 2.12. The zero-order valence-electron chi connectivity index (χ0n) is 12.0. The van der Waals surface area contributed by atoms with Gasteiger partial charge in [0.1, 0.15) is 0 Å². The summed E-state index contributed by atoms with van der Waals surface area (Å²) >= 11 is 5.11. The Balaban J connectivity index is 1.80. The summed E-state index contributed by atoms with van der Waals surface area (Å²) < 4.78 is 1.10. The van der Waals surface area contributed by atoms with E-state index in [9.17, 15) is 4.79 Å². The van der Waals surface area contributed by atoms with Gasteiger partial charge in [-0.2, -0.15) is 0 Å². The molecule has 1 N–H and O–H groups in total. The van der Waals surface area contributed by atoms with Gasteiger partial charge >= 0.3 is 6.03 Å². The first-order chi connectivity index (χ1) is 10.2. The number of benzene rings is 1. The number of hydrogen-bond donors (Lipinski definition) is 1. The van der Waals surface area contributed by atoms with Gasteiger partial charge in [0.2, 0.25) is 0 Å². The van der Waals surface area contributed by atoms with Gasteiger partial charge in [-0.1, -0.05) is 30.3 Å². The number of halogens is 1. The monoisotopic (exact) mass is 366 g/mol. The third-order valence-corrected chi connectivity index (χ3v) is 4.79. The molecule has 0 spiro atoms. The highest BCUT2D eigenvalue weighted by Crippen LogP contribution is 2.23. The first-order valence-corrected chi connectivity index (χ1v) is 8.61. The van der Waals surface area contributed by atoms with Crippen molar-refractivity contribution in [2.24, 2.45) is 0 Å². The van der Waals surface area contributed by atoms with Gasteiger partial charge in [-0.05, 0) is 47.0 Å². The molecule has 2 aromatic rings. The number of carbonyl (C=O) groups is 1. The van der Waals surface area contributed by atoms with Crippen molar-refractivity contribution in [2.75, 3.05) is 13.1 Å². The van der Waals surface area contributed by atoms with Crippen LogP contribution < -0.4 is 5.32 Å². The average Bonchev–Trinajstić information content (AvgIpc) is 2.91. The van der Waals surface area contributed by atoms with Crippen molar-refractivity contribution in [1.29, 1.82) is 0 Å². The smallest absolute Gasteiger partial charge is 0.317 e. The minimum Gasteiger partial charge on any atom is -0.338 e. The standard InChI is InChI=1S/C16H19BrN2OS/c1-2-19(12-14-8-9-15(17)21-14)16(20)18-11-10-13-6-4-3-5-7-13/h3-9H,2,10-12H2,1H3,(H,18,20). The van der Waals surface area contributed by atoms with Crippen LogP contribution in [-0.2, 0) is 13.0 Å². The van der Waals surface area contributed by atoms with Crippen LogP contribution in [0.15, 0.2) is 46.3 Å². The van der Waals surface area contributed by atoms with Crippen LogP contribution in [0.25, 0.3) is 0 Å². The van der Waals surface area contributed by atoms with Gasteiger partial charge in [0.15, 0.2) is 0 Å². The van der Waals surface area contributed by atoms with Crippen LogP contribution in [0.4, 0.5) is 4.79 Å². The Hall–Kier alpha value is -1.33. The van der Waals surface area contributed by atoms with Gasteiger partial charge in [0, 0.05) is 18.0 Å². The number of amides is 2. The molecule has 0 atom stereocenters. The van der Waals surface area contributed by atoms with E-state index in [1.165, 1.54) is 10.4 Å². The molecule has 0 aliphatic carbocycles. The second kappa shape index (κ2) is 8.20. The van der Waals surface area contributed by atoms with Crippen LogP contribution >= 0.6 is 27.3 Å². The summed E-state index contributed by atoms with van der Waals surface area (Å²) in [7, 11) is 0. The Kier molecular flexibility index (Phi) is 6.26. The molecule has 0 fully saturated rings. The van der Waals surface area contributed by atoms with Gasteiger partial charge in [0.05, 0.1) is 10.3 Å². The van der Waals surface area contributed by atoms with Crippen molar-refractivity contribution in [2.45, 2.75) is 19.9 Å². The third kappa shape index (κ3) is 5.17. The van der Waals surface area contributed by atoms with Gasteiger partial charge in [0.25, 0.3) is 0 Å². The molecule has 0 saturated carbocycles. The molecule has 21 heavy (non-hydrogen) atoms. The molecule has 2 amide bonds. The molecule has 0 saturated heterocycles. The number of urea groups is 1. The molecule has 1 aromatic heterocycles. The molecular weight excluding hydrogens is 348 g/mol. The van der Waals surface area contributed by atoms with Crippen molar-refractivity contribution in [3.05, 3.63) is 56.7 Å². The molecule has 0 radical (unpaired) electrons. The quantitative estimate of drug-likeness (QED) is 0.812. The third-order valence-electron chi connectivity index (χ3n) is 3.18. The summed E-state index contributed by atoms with van der Waals surface area (Å²) in [5.74, 6) is 0. The molecule has 3 nitrogen and oxygen atoms in total. The van der Waals surface area contributed by atoms with E-state index in [-0.39, 0.29) is 6.03 Å². The van der Waals surface area contributed by atoms with E-state index in [1.807, 2.05) is 36.1 Å². The van der Waals surface area contributed by atoms with E-state index in [2.05, 4.69) is 39.4 Å². The maximum atomic E-state index is 12.2. The predicted molar refractivity (Wildman–Crippen MR) is 91.6 cm³/mol. The Labute approximate surface area is 138 Å². The maximum absolute atomic E-state index is 12.2. The second-order valence-corrected chi connectivity index (χ2v) is 7.24. The van der Waals surface area contributed by atoms with Crippen LogP contribution in [-0.4, -0.2) is 24.0 Å². The normalized spacial score (nSPS) is 10.4. The lowest BCUT2D eigenvalue weighted by Gasteiger charge is -2.20. The first kappa shape index (κ1) is 16.0. The summed E-state index contributed by atoms with van der Waals surface area (Å²) in [4.78, 5) is 15.2. The molecule has 0 unspecified atom stereocenters. The molecular formula is C16H19BrN2OS. The summed E-state index contributed by atoms with van der Waals surface area (Å²) in [5, 5.41) is 2.99. The van der Waals surface area contributed by atoms with E-state index in [1.54, 1.807) is 11.3 Å². The summed E-state index contributed by atoms with van der Waals surface area (Å²) in [6.07, 6.45) is 0.856. The van der Waals surface area contributed by atoms with Crippen LogP contribution in [0.5, 0.6) is 0 Å². The largest absolute Gasteiger partial charge is 0.338 e. The maximum Gasteiger partial charge on any atom is 0.317 e. The Morgan fingerprint density at radius 3 is 2.62 bits per heavy atom. The van der Waals surface area contributed by atoms with Crippen molar-refractivity contribution >= 4 is 33.3 Å². The first-order valence-electron chi connectivity index (χ1n) is 7.00.